The summed E-state index contributed by atoms with van der Waals surface area (Å²) in [6, 6.07) is 18.4. The standard InChI is InChI=1S/C26H16F2N4O6/c27-17-5-11-21(23(13-17)31(35)36)25(33)29-19-7-1-15(2-8-19)16-3-9-20(10-4-16)30-26(34)22-12-6-18(28)14-24(22)32(37)38/h1-14H,(H,29,33)(H,30,34). The summed E-state index contributed by atoms with van der Waals surface area (Å²) in [6.45, 7) is 0. The van der Waals surface area contributed by atoms with E-state index < -0.39 is 44.7 Å². The van der Waals surface area contributed by atoms with Crippen molar-refractivity contribution in [1.82, 2.24) is 0 Å². The molecule has 4 aromatic carbocycles. The van der Waals surface area contributed by atoms with E-state index in [1.807, 2.05) is 0 Å². The third kappa shape index (κ3) is 5.65. The summed E-state index contributed by atoms with van der Waals surface area (Å²) in [7, 11) is 0. The second-order valence-electron chi connectivity index (χ2n) is 7.90. The lowest BCUT2D eigenvalue weighted by atomic mass is 10.0. The van der Waals surface area contributed by atoms with Gasteiger partial charge in [0, 0.05) is 11.4 Å². The van der Waals surface area contributed by atoms with Gasteiger partial charge in [-0.05, 0) is 59.7 Å². The Labute approximate surface area is 212 Å². The van der Waals surface area contributed by atoms with Gasteiger partial charge in [0.15, 0.2) is 0 Å². The van der Waals surface area contributed by atoms with Crippen LogP contribution < -0.4 is 10.6 Å². The Bertz CT molecular complexity index is 1460. The molecule has 0 aliphatic rings. The highest BCUT2D eigenvalue weighted by molar-refractivity contribution is 6.07. The van der Waals surface area contributed by atoms with E-state index in [2.05, 4.69) is 10.6 Å². The zero-order chi connectivity index (χ0) is 27.4. The van der Waals surface area contributed by atoms with Crippen LogP contribution in [-0.4, -0.2) is 21.7 Å². The number of carbonyl (C=O) groups excluding carboxylic acids is 2. The molecule has 0 saturated heterocycles. The highest BCUT2D eigenvalue weighted by Crippen LogP contribution is 2.26. The van der Waals surface area contributed by atoms with Crippen molar-refractivity contribution < 1.29 is 28.2 Å². The number of nitrogens with one attached hydrogen (secondary N) is 2. The normalized spacial score (nSPS) is 10.5. The predicted molar refractivity (Wildman–Crippen MR) is 134 cm³/mol. The lowest BCUT2D eigenvalue weighted by molar-refractivity contribution is -0.385. The van der Waals surface area contributed by atoms with Gasteiger partial charge >= 0.3 is 0 Å². The van der Waals surface area contributed by atoms with Gasteiger partial charge in [0.2, 0.25) is 0 Å². The van der Waals surface area contributed by atoms with Crippen LogP contribution in [0.5, 0.6) is 0 Å². The van der Waals surface area contributed by atoms with Gasteiger partial charge in [0.25, 0.3) is 23.2 Å². The Morgan fingerprint density at radius 3 is 1.24 bits per heavy atom. The number of anilines is 2. The molecule has 0 bridgehead atoms. The van der Waals surface area contributed by atoms with Crippen molar-refractivity contribution in [3.05, 3.63) is 128 Å². The number of nitro benzene ring substituents is 2. The quantitative estimate of drug-likeness (QED) is 0.228. The lowest BCUT2D eigenvalue weighted by Crippen LogP contribution is -2.14. The highest BCUT2D eigenvalue weighted by atomic mass is 19.1. The van der Waals surface area contributed by atoms with E-state index in [1.54, 1.807) is 48.5 Å². The zero-order valence-electron chi connectivity index (χ0n) is 19.2. The predicted octanol–water partition coefficient (Wildman–Crippen LogP) is 5.95. The molecule has 0 unspecified atom stereocenters. The van der Waals surface area contributed by atoms with E-state index in [0.717, 1.165) is 35.4 Å². The van der Waals surface area contributed by atoms with Crippen molar-refractivity contribution in [2.24, 2.45) is 0 Å². The number of carbonyl (C=O) groups is 2. The molecular formula is C26H16F2N4O6. The second kappa shape index (κ2) is 10.6. The summed E-state index contributed by atoms with van der Waals surface area (Å²) < 4.78 is 26.7. The molecule has 0 saturated carbocycles. The van der Waals surface area contributed by atoms with Crippen LogP contribution in [0.2, 0.25) is 0 Å². The minimum absolute atomic E-state index is 0.288. The Morgan fingerprint density at radius 1 is 0.579 bits per heavy atom. The van der Waals surface area contributed by atoms with Crippen LogP contribution in [0.15, 0.2) is 84.9 Å². The Kier molecular flexibility index (Phi) is 7.15. The van der Waals surface area contributed by atoms with Gasteiger partial charge in [-0.25, -0.2) is 8.78 Å². The molecular weight excluding hydrogens is 502 g/mol. The molecule has 0 atom stereocenters. The number of rotatable bonds is 7. The lowest BCUT2D eigenvalue weighted by Gasteiger charge is -2.09. The third-order valence-electron chi connectivity index (χ3n) is 5.42. The van der Waals surface area contributed by atoms with Gasteiger partial charge in [0.1, 0.15) is 22.8 Å². The van der Waals surface area contributed by atoms with E-state index in [-0.39, 0.29) is 11.1 Å². The molecule has 10 nitrogen and oxygen atoms in total. The van der Waals surface area contributed by atoms with Gasteiger partial charge in [-0.2, -0.15) is 0 Å². The number of amides is 2. The number of hydrogen-bond acceptors (Lipinski definition) is 6. The molecule has 4 rings (SSSR count). The molecule has 2 N–H and O–H groups in total. The molecule has 38 heavy (non-hydrogen) atoms. The van der Waals surface area contributed by atoms with Crippen LogP contribution in [0.25, 0.3) is 11.1 Å². The van der Waals surface area contributed by atoms with Crippen molar-refractivity contribution in [2.75, 3.05) is 10.6 Å². The van der Waals surface area contributed by atoms with Gasteiger partial charge in [-0.1, -0.05) is 24.3 Å². The topological polar surface area (TPSA) is 144 Å². The van der Waals surface area contributed by atoms with Crippen molar-refractivity contribution in [3.8, 4) is 11.1 Å². The van der Waals surface area contributed by atoms with E-state index >= 15 is 0 Å². The van der Waals surface area contributed by atoms with Gasteiger partial charge < -0.3 is 10.6 Å². The first-order chi connectivity index (χ1) is 18.1. The summed E-state index contributed by atoms with van der Waals surface area (Å²) in [5.41, 5.74) is 0.295. The first-order valence-electron chi connectivity index (χ1n) is 10.8. The average molecular weight is 518 g/mol. The minimum atomic E-state index is -0.839. The highest BCUT2D eigenvalue weighted by Gasteiger charge is 2.22. The molecule has 0 radical (unpaired) electrons. The van der Waals surface area contributed by atoms with Crippen LogP contribution in [0, 0.1) is 31.9 Å². The number of nitrogens with zero attached hydrogens (tertiary/aromatic N) is 2. The van der Waals surface area contributed by atoms with Crippen LogP contribution in [0.4, 0.5) is 31.5 Å². The second-order valence-corrected chi connectivity index (χ2v) is 7.90. The monoisotopic (exact) mass is 518 g/mol. The van der Waals surface area contributed by atoms with Gasteiger partial charge in [-0.3, -0.25) is 29.8 Å². The van der Waals surface area contributed by atoms with E-state index in [1.165, 1.54) is 0 Å². The summed E-state index contributed by atoms with van der Waals surface area (Å²) in [5.74, 6) is -3.21. The fourth-order valence-electron chi connectivity index (χ4n) is 3.58. The maximum atomic E-state index is 13.3. The summed E-state index contributed by atoms with van der Waals surface area (Å²) in [5, 5.41) is 27.3. The number of nitro groups is 2. The Morgan fingerprint density at radius 2 is 0.921 bits per heavy atom. The largest absolute Gasteiger partial charge is 0.322 e. The molecule has 12 heteroatoms. The van der Waals surface area contributed by atoms with Crippen molar-refractivity contribution in [2.45, 2.75) is 0 Å². The molecule has 0 fully saturated rings. The van der Waals surface area contributed by atoms with Crippen LogP contribution >= 0.6 is 0 Å². The van der Waals surface area contributed by atoms with Crippen molar-refractivity contribution >= 4 is 34.6 Å². The van der Waals surface area contributed by atoms with Crippen LogP contribution in [0.1, 0.15) is 20.7 Å². The van der Waals surface area contributed by atoms with Gasteiger partial charge in [0.05, 0.1) is 22.0 Å². The molecule has 0 aromatic heterocycles. The Hall–Kier alpha value is -5.52. The summed E-state index contributed by atoms with van der Waals surface area (Å²) in [6.07, 6.45) is 0. The van der Waals surface area contributed by atoms with Crippen molar-refractivity contribution in [1.29, 1.82) is 0 Å². The van der Waals surface area contributed by atoms with Crippen LogP contribution in [-0.2, 0) is 0 Å². The smallest absolute Gasteiger partial charge is 0.285 e. The number of hydrogen-bond donors (Lipinski definition) is 2. The summed E-state index contributed by atoms with van der Waals surface area (Å²) in [4.78, 5) is 45.6. The molecule has 0 aliphatic carbocycles. The molecule has 0 heterocycles. The third-order valence-corrected chi connectivity index (χ3v) is 5.42. The van der Waals surface area contributed by atoms with Crippen molar-refractivity contribution in [3.63, 3.8) is 0 Å². The van der Waals surface area contributed by atoms with Crippen LogP contribution in [0.3, 0.4) is 0 Å². The zero-order valence-corrected chi connectivity index (χ0v) is 19.2. The van der Waals surface area contributed by atoms with E-state index in [4.69, 9.17) is 0 Å². The number of halogens is 2. The fraction of sp³-hybridized carbons (Fsp3) is 0. The average Bonchev–Trinajstić information content (AvgIpc) is 2.89. The maximum Gasteiger partial charge on any atom is 0.285 e. The summed E-state index contributed by atoms with van der Waals surface area (Å²) >= 11 is 0. The SMILES string of the molecule is O=C(Nc1ccc(-c2ccc(NC(=O)c3ccc(F)cc3[N+](=O)[O-])cc2)cc1)c1ccc(F)cc1[N+](=O)[O-]. The molecule has 2 amide bonds. The first kappa shape index (κ1) is 25.6. The molecule has 190 valence electrons. The number of benzene rings is 4. The van der Waals surface area contributed by atoms with E-state index in [0.29, 0.717) is 23.5 Å². The fourth-order valence-corrected chi connectivity index (χ4v) is 3.58. The Balaban J connectivity index is 1.45. The molecule has 0 spiro atoms. The minimum Gasteiger partial charge on any atom is -0.322 e. The molecule has 4 aromatic rings. The first-order valence-corrected chi connectivity index (χ1v) is 10.8. The van der Waals surface area contributed by atoms with Gasteiger partial charge in [-0.15, -0.1) is 0 Å². The molecule has 0 aliphatic heterocycles. The maximum absolute atomic E-state index is 13.3. The van der Waals surface area contributed by atoms with E-state index in [9.17, 15) is 38.6 Å².